The molecule has 4 aromatic rings. The molecule has 0 N–H and O–H groups in total. The van der Waals surface area contributed by atoms with Crippen molar-refractivity contribution in [1.82, 2.24) is 0 Å². The molecule has 0 nitrogen and oxygen atoms in total. The average molecular weight is 676 g/mol. The molecule has 234 valence electrons. The Balaban J connectivity index is 0.000000311. The van der Waals surface area contributed by atoms with Crippen molar-refractivity contribution in [2.45, 2.75) is 20.2 Å². The van der Waals surface area contributed by atoms with E-state index >= 15 is 0 Å². The number of alkyl halides is 3. The fourth-order valence-corrected chi connectivity index (χ4v) is 5.71. The molecule has 0 atom stereocenters. The van der Waals surface area contributed by atoms with Gasteiger partial charge in [-0.3, -0.25) is 0 Å². The van der Waals surface area contributed by atoms with Gasteiger partial charge in [-0.15, -0.1) is 13.2 Å². The van der Waals surface area contributed by atoms with Crippen LogP contribution in [0.3, 0.4) is 0 Å². The summed E-state index contributed by atoms with van der Waals surface area (Å²) < 4.78 is 138. The van der Waals surface area contributed by atoms with E-state index in [2.05, 4.69) is 55.0 Å². The number of hydrogen-bond donors (Lipinski definition) is 0. The molecule has 0 aliphatic carbocycles. The van der Waals surface area contributed by atoms with Crippen molar-refractivity contribution in [3.05, 3.63) is 103 Å². The van der Waals surface area contributed by atoms with Gasteiger partial charge in [0, 0.05) is 16.3 Å². The van der Waals surface area contributed by atoms with Gasteiger partial charge in [-0.1, -0.05) is 66.7 Å². The van der Waals surface area contributed by atoms with Crippen LogP contribution in [0.4, 0.5) is 55.6 Å². The summed E-state index contributed by atoms with van der Waals surface area (Å²) in [6.45, 7) is 0. The van der Waals surface area contributed by atoms with Gasteiger partial charge in [-0.25, -0.2) is 0 Å². The van der Waals surface area contributed by atoms with Gasteiger partial charge in [0.2, 0.25) is 0 Å². The van der Waals surface area contributed by atoms with Crippen LogP contribution in [-0.4, -0.2) is 25.3 Å². The van der Waals surface area contributed by atoms with E-state index in [1.165, 1.54) is 39.9 Å². The summed E-state index contributed by atoms with van der Waals surface area (Å²) in [4.78, 5) is 2.07. The van der Waals surface area contributed by atoms with E-state index in [0.717, 1.165) is 0 Å². The minimum atomic E-state index is -10.7. The minimum absolute atomic E-state index is 0.297. The fourth-order valence-electron chi connectivity index (χ4n) is 3.07. The summed E-state index contributed by atoms with van der Waals surface area (Å²) in [5, 5.41) is 2.75. The van der Waals surface area contributed by atoms with Gasteiger partial charge in [0.05, 0.1) is 0 Å². The molecule has 0 heterocycles. The summed E-state index contributed by atoms with van der Waals surface area (Å²) in [5.74, 6) is 0. The van der Waals surface area contributed by atoms with E-state index in [1.807, 2.05) is 0 Å². The molecule has 0 radical (unpaired) electrons. The first-order valence-corrected chi connectivity index (χ1v) is 16.5. The van der Waals surface area contributed by atoms with Crippen molar-refractivity contribution in [1.29, 1.82) is 0 Å². The van der Waals surface area contributed by atoms with Gasteiger partial charge >= 0.3 is 45.8 Å². The normalized spacial score (nSPS) is 13.5. The molecule has 4 rings (SSSR count). The number of hydrogen-bond acceptors (Lipinski definition) is 0. The van der Waals surface area contributed by atoms with Crippen LogP contribution in [0.1, 0.15) is 0 Å². The standard InChI is InChI=1S/C13H10F3S.C12H13S.BF4.F6P/c14-13(15,16)17(11-7-3-1-4-8-11)12-9-5-2-6-10-12;1-13(2)12-9-5-7-10-6-3-4-8-11(10)12;2-1(3,4)5;1-7(2,3,4,5)6/h1-10H;3-9H,1-2H3;;/q2*+1;2*-1. The van der Waals surface area contributed by atoms with E-state index in [-0.39, 0.29) is 0 Å². The van der Waals surface area contributed by atoms with Crippen LogP contribution in [0.25, 0.3) is 10.8 Å². The molecule has 4 aromatic carbocycles. The molecule has 0 aliphatic rings. The zero-order valence-corrected chi connectivity index (χ0v) is 24.1. The van der Waals surface area contributed by atoms with E-state index in [4.69, 9.17) is 0 Å². The van der Waals surface area contributed by atoms with E-state index in [1.54, 1.807) is 36.4 Å². The zero-order valence-electron chi connectivity index (χ0n) is 21.6. The maximum atomic E-state index is 13.1. The topological polar surface area (TPSA) is 0 Å². The van der Waals surface area contributed by atoms with Crippen LogP contribution < -0.4 is 0 Å². The van der Waals surface area contributed by atoms with E-state index in [0.29, 0.717) is 20.7 Å². The SMILES string of the molecule is C[S+](C)c1cccc2ccccc12.FC(F)(F)[S+](c1ccccc1)c1ccccc1.F[B-](F)(F)F.F[P-](F)(F)(F)(F)F. The summed E-state index contributed by atoms with van der Waals surface area (Å²) in [7, 11) is -18.2. The van der Waals surface area contributed by atoms with Gasteiger partial charge in [0.25, 0.3) is 0 Å². The molecule has 0 unspecified atom stereocenters. The first kappa shape index (κ1) is 37.5. The van der Waals surface area contributed by atoms with E-state index < -0.39 is 31.5 Å². The molecule has 42 heavy (non-hydrogen) atoms. The summed E-state index contributed by atoms with van der Waals surface area (Å²) in [5.41, 5.74) is -4.25. The van der Waals surface area contributed by atoms with Crippen LogP contribution >= 0.6 is 7.81 Å². The van der Waals surface area contributed by atoms with Crippen molar-refractivity contribution in [3.8, 4) is 0 Å². The second-order valence-electron chi connectivity index (χ2n) is 8.12. The molecule has 0 aromatic heterocycles. The number of rotatable bonds is 3. The van der Waals surface area contributed by atoms with E-state index in [9.17, 15) is 55.6 Å². The molecule has 0 saturated heterocycles. The molecule has 0 aliphatic heterocycles. The summed E-state index contributed by atoms with van der Waals surface area (Å²) in [6, 6.07) is 31.1. The Morgan fingerprint density at radius 2 is 0.881 bits per heavy atom. The Morgan fingerprint density at radius 1 is 0.548 bits per heavy atom. The molecule has 17 heteroatoms. The van der Waals surface area contributed by atoms with Crippen LogP contribution in [0.5, 0.6) is 0 Å². The molecular weight excluding hydrogens is 653 g/mol. The van der Waals surface area contributed by atoms with Crippen LogP contribution in [-0.2, 0) is 21.8 Å². The third-order valence-corrected chi connectivity index (χ3v) is 7.56. The van der Waals surface area contributed by atoms with Crippen molar-refractivity contribution in [2.24, 2.45) is 0 Å². The molecule has 0 spiro atoms. The second kappa shape index (κ2) is 13.8. The first-order chi connectivity index (χ1) is 18.8. The quantitative estimate of drug-likeness (QED) is 0.0877. The third-order valence-electron chi connectivity index (χ3n) is 4.38. The van der Waals surface area contributed by atoms with Crippen molar-refractivity contribution in [3.63, 3.8) is 0 Å². The van der Waals surface area contributed by atoms with Crippen LogP contribution in [0.2, 0.25) is 0 Å². The Hall–Kier alpha value is -2.58. The number of fused-ring (bicyclic) bond motifs is 1. The molecule has 0 bridgehead atoms. The van der Waals surface area contributed by atoms with Gasteiger partial charge < -0.3 is 17.3 Å². The summed E-state index contributed by atoms with van der Waals surface area (Å²) >= 11 is 0. The third kappa shape index (κ3) is 18.1. The van der Waals surface area contributed by atoms with Gasteiger partial charge in [-0.05, 0) is 41.8 Å². The van der Waals surface area contributed by atoms with Crippen LogP contribution in [0, 0.1) is 0 Å². The first-order valence-electron chi connectivity index (χ1n) is 11.2. The number of benzene rings is 4. The Kier molecular flexibility index (Phi) is 12.3. The van der Waals surface area contributed by atoms with Crippen molar-refractivity contribution < 1.29 is 55.6 Å². The molecule has 0 saturated carbocycles. The van der Waals surface area contributed by atoms with Gasteiger partial charge in [0.1, 0.15) is 12.5 Å². The Labute approximate surface area is 239 Å². The molecule has 0 amide bonds. The average Bonchev–Trinajstić information content (AvgIpc) is 2.82. The van der Waals surface area contributed by atoms with Crippen LogP contribution in [0.15, 0.2) is 118 Å². The predicted octanol–water partition coefficient (Wildman–Crippen LogP) is 12.0. The number of halogens is 13. The van der Waals surface area contributed by atoms with Crippen molar-refractivity contribution >= 4 is 47.6 Å². The van der Waals surface area contributed by atoms with Gasteiger partial charge in [-0.2, -0.15) is 0 Å². The van der Waals surface area contributed by atoms with Gasteiger partial charge in [0.15, 0.2) is 25.6 Å². The maximum absolute atomic E-state index is 13.1. The molecule has 0 fully saturated rings. The Morgan fingerprint density at radius 3 is 1.24 bits per heavy atom. The Bertz CT molecular complexity index is 1320. The fraction of sp³-hybridized carbons (Fsp3) is 0.120. The predicted molar refractivity (Wildman–Crippen MR) is 148 cm³/mol. The second-order valence-corrected chi connectivity index (χ2v) is 14.1. The summed E-state index contributed by atoms with van der Waals surface area (Å²) in [6.07, 6.45) is 4.53. The molecular formula is C25H23BF13PS2. The monoisotopic (exact) mass is 676 g/mol. The zero-order chi connectivity index (χ0) is 32.5. The van der Waals surface area contributed by atoms with Crippen molar-refractivity contribution in [2.75, 3.05) is 12.5 Å².